The monoisotopic (exact) mass is 495 g/mol. The van der Waals surface area contributed by atoms with Crippen LogP contribution in [0, 0.1) is 0 Å². The van der Waals surface area contributed by atoms with E-state index in [2.05, 4.69) is 0 Å². The van der Waals surface area contributed by atoms with E-state index in [1.165, 1.54) is 4.90 Å². The number of thioether (sulfide) groups is 1. The Morgan fingerprint density at radius 1 is 1.06 bits per heavy atom. The minimum Gasteiger partial charge on any atom is -0.480 e. The van der Waals surface area contributed by atoms with E-state index in [0.29, 0.717) is 21.4 Å². The van der Waals surface area contributed by atoms with Gasteiger partial charge in [0.25, 0.3) is 5.91 Å². The predicted molar refractivity (Wildman–Crippen MR) is 135 cm³/mol. The molecule has 0 spiro atoms. The van der Waals surface area contributed by atoms with Crippen molar-refractivity contribution in [2.75, 3.05) is 0 Å². The Morgan fingerprint density at radius 3 is 2.48 bits per heavy atom. The van der Waals surface area contributed by atoms with Gasteiger partial charge in [0.2, 0.25) is 0 Å². The predicted octanol–water partition coefficient (Wildman–Crippen LogP) is 6.03. The van der Waals surface area contributed by atoms with Crippen molar-refractivity contribution in [3.63, 3.8) is 0 Å². The highest BCUT2D eigenvalue weighted by atomic mass is 35.5. The van der Waals surface area contributed by atoms with Crippen LogP contribution < -0.4 is 4.74 Å². The van der Waals surface area contributed by atoms with Crippen LogP contribution in [-0.4, -0.2) is 32.2 Å². The lowest BCUT2D eigenvalue weighted by Gasteiger charge is -2.23. The van der Waals surface area contributed by atoms with Crippen LogP contribution in [0.25, 0.3) is 6.08 Å². The van der Waals surface area contributed by atoms with Gasteiger partial charge in [-0.3, -0.25) is 9.69 Å². The van der Waals surface area contributed by atoms with Gasteiger partial charge in [-0.25, -0.2) is 4.79 Å². The number of carbonyl (C=O) groups is 2. The standard InChI is InChI=1S/C25H18ClNO4S2/c26-18-9-11-19(12-10-18)31-20-8-4-7-17(13-20)15-22-23(28)27(25(32)33-22)21(24(29)30)14-16-5-2-1-3-6-16/h1-13,15,21H,14H2,(H,29,30)/b22-15-/t21-/m0/s1. The molecular weight excluding hydrogens is 478 g/mol. The molecule has 1 fully saturated rings. The number of nitrogens with zero attached hydrogens (tertiary/aromatic N) is 1. The molecule has 1 N–H and O–H groups in total. The zero-order chi connectivity index (χ0) is 23.4. The molecular formula is C25H18ClNO4S2. The molecule has 0 aromatic heterocycles. The molecule has 4 rings (SSSR count). The first-order valence-electron chi connectivity index (χ1n) is 9.98. The van der Waals surface area contributed by atoms with Crippen LogP contribution >= 0.6 is 35.6 Å². The second-order valence-corrected chi connectivity index (χ2v) is 9.34. The molecule has 166 valence electrons. The quantitative estimate of drug-likeness (QED) is 0.319. The first-order chi connectivity index (χ1) is 15.9. The highest BCUT2D eigenvalue weighted by Crippen LogP contribution is 2.35. The van der Waals surface area contributed by atoms with Gasteiger partial charge in [0.1, 0.15) is 21.9 Å². The average molecular weight is 496 g/mol. The Bertz CT molecular complexity index is 1230. The second-order valence-electron chi connectivity index (χ2n) is 7.22. The Hall–Kier alpha value is -3.13. The molecule has 33 heavy (non-hydrogen) atoms. The minimum absolute atomic E-state index is 0.167. The minimum atomic E-state index is -1.10. The first kappa shape index (κ1) is 23.0. The molecule has 1 heterocycles. The summed E-state index contributed by atoms with van der Waals surface area (Å²) in [5, 5.41) is 10.4. The third-order valence-corrected chi connectivity index (χ3v) is 6.48. The largest absolute Gasteiger partial charge is 0.480 e. The summed E-state index contributed by atoms with van der Waals surface area (Å²) in [6, 6.07) is 22.3. The average Bonchev–Trinajstić information content (AvgIpc) is 3.07. The third kappa shape index (κ3) is 5.63. The van der Waals surface area contributed by atoms with Crippen molar-refractivity contribution in [2.45, 2.75) is 12.5 Å². The molecule has 0 aliphatic carbocycles. The Kier molecular flexibility index (Phi) is 7.13. The van der Waals surface area contributed by atoms with Crippen LogP contribution in [0.3, 0.4) is 0 Å². The van der Waals surface area contributed by atoms with E-state index >= 15 is 0 Å². The first-order valence-corrected chi connectivity index (χ1v) is 11.6. The van der Waals surface area contributed by atoms with Crippen LogP contribution in [0.5, 0.6) is 11.5 Å². The van der Waals surface area contributed by atoms with Gasteiger partial charge in [-0.2, -0.15) is 0 Å². The van der Waals surface area contributed by atoms with E-state index in [1.54, 1.807) is 42.5 Å². The van der Waals surface area contributed by atoms with Gasteiger partial charge in [0.05, 0.1) is 4.91 Å². The number of aliphatic carboxylic acids is 1. The zero-order valence-corrected chi connectivity index (χ0v) is 19.6. The van der Waals surface area contributed by atoms with Gasteiger partial charge in [-0.1, -0.05) is 78.0 Å². The van der Waals surface area contributed by atoms with Crippen molar-refractivity contribution in [1.29, 1.82) is 0 Å². The van der Waals surface area contributed by atoms with Crippen molar-refractivity contribution in [3.8, 4) is 11.5 Å². The second kappa shape index (κ2) is 10.2. The summed E-state index contributed by atoms with van der Waals surface area (Å²) >= 11 is 12.4. The fraction of sp³-hybridized carbons (Fsp3) is 0.0800. The molecule has 1 saturated heterocycles. The number of hydrogen-bond acceptors (Lipinski definition) is 5. The normalized spacial score (nSPS) is 15.7. The van der Waals surface area contributed by atoms with Crippen LogP contribution in [0.1, 0.15) is 11.1 Å². The fourth-order valence-corrected chi connectivity index (χ4v) is 4.82. The van der Waals surface area contributed by atoms with Gasteiger partial charge in [0, 0.05) is 11.4 Å². The Labute approximate surface area is 205 Å². The SMILES string of the molecule is O=C(O)[C@H](Cc1ccccc1)N1C(=O)/C(=C/c2cccc(Oc3ccc(Cl)cc3)c2)SC1=S. The maximum atomic E-state index is 13.1. The summed E-state index contributed by atoms with van der Waals surface area (Å²) in [5.41, 5.74) is 1.55. The Morgan fingerprint density at radius 2 is 1.79 bits per heavy atom. The highest BCUT2D eigenvalue weighted by Gasteiger charge is 2.40. The lowest BCUT2D eigenvalue weighted by atomic mass is 10.0. The van der Waals surface area contributed by atoms with Crippen molar-refractivity contribution < 1.29 is 19.4 Å². The molecule has 8 heteroatoms. The zero-order valence-electron chi connectivity index (χ0n) is 17.2. The van der Waals surface area contributed by atoms with Crippen LogP contribution in [-0.2, 0) is 16.0 Å². The number of thiocarbonyl (C=S) groups is 1. The van der Waals surface area contributed by atoms with Gasteiger partial charge < -0.3 is 9.84 Å². The molecule has 0 radical (unpaired) electrons. The number of hydrogen-bond donors (Lipinski definition) is 1. The maximum absolute atomic E-state index is 13.1. The Balaban J connectivity index is 1.54. The topological polar surface area (TPSA) is 66.8 Å². The van der Waals surface area contributed by atoms with E-state index < -0.39 is 17.9 Å². The van der Waals surface area contributed by atoms with Crippen molar-refractivity contribution in [1.82, 2.24) is 4.90 Å². The lowest BCUT2D eigenvalue weighted by molar-refractivity contribution is -0.145. The van der Waals surface area contributed by atoms with E-state index in [4.69, 9.17) is 28.6 Å². The number of carbonyl (C=O) groups excluding carboxylic acids is 1. The molecule has 3 aromatic rings. The number of ether oxygens (including phenoxy) is 1. The van der Waals surface area contributed by atoms with E-state index in [0.717, 1.165) is 22.9 Å². The molecule has 1 aliphatic heterocycles. The third-order valence-electron chi connectivity index (χ3n) is 4.90. The molecule has 1 amide bonds. The van der Waals surface area contributed by atoms with Gasteiger partial charge in [-0.15, -0.1) is 0 Å². The molecule has 0 saturated carbocycles. The van der Waals surface area contributed by atoms with Crippen molar-refractivity contribution >= 4 is 57.9 Å². The van der Waals surface area contributed by atoms with Crippen LogP contribution in [0.2, 0.25) is 5.02 Å². The number of amides is 1. The molecule has 5 nitrogen and oxygen atoms in total. The van der Waals surface area contributed by atoms with Crippen molar-refractivity contribution in [3.05, 3.63) is 99.9 Å². The van der Waals surface area contributed by atoms with Gasteiger partial charge in [0.15, 0.2) is 0 Å². The summed E-state index contributed by atoms with van der Waals surface area (Å²) < 4.78 is 6.08. The summed E-state index contributed by atoms with van der Waals surface area (Å²) in [6.07, 6.45) is 1.86. The molecule has 3 aromatic carbocycles. The number of rotatable bonds is 7. The van der Waals surface area contributed by atoms with Crippen LogP contribution in [0.4, 0.5) is 0 Å². The van der Waals surface area contributed by atoms with Gasteiger partial charge in [-0.05, 0) is 53.6 Å². The van der Waals surface area contributed by atoms with Gasteiger partial charge >= 0.3 is 5.97 Å². The molecule has 0 bridgehead atoms. The highest BCUT2D eigenvalue weighted by molar-refractivity contribution is 8.26. The number of halogens is 1. The van der Waals surface area contributed by atoms with E-state index in [9.17, 15) is 14.7 Å². The maximum Gasteiger partial charge on any atom is 0.327 e. The smallest absolute Gasteiger partial charge is 0.327 e. The number of benzene rings is 3. The summed E-state index contributed by atoms with van der Waals surface area (Å²) in [4.78, 5) is 26.6. The number of carboxylic acids is 1. The molecule has 0 unspecified atom stereocenters. The van der Waals surface area contributed by atoms with E-state index in [1.807, 2.05) is 42.5 Å². The molecule has 1 aliphatic rings. The molecule has 1 atom stereocenters. The summed E-state index contributed by atoms with van der Waals surface area (Å²) in [6.45, 7) is 0. The summed E-state index contributed by atoms with van der Waals surface area (Å²) in [5.74, 6) is -0.297. The van der Waals surface area contributed by atoms with Crippen LogP contribution in [0.15, 0.2) is 83.8 Å². The lowest BCUT2D eigenvalue weighted by Crippen LogP contribution is -2.45. The van der Waals surface area contributed by atoms with E-state index in [-0.39, 0.29) is 10.7 Å². The number of carboxylic acid groups (broad SMARTS) is 1. The van der Waals surface area contributed by atoms with Crippen molar-refractivity contribution in [2.24, 2.45) is 0 Å². The summed E-state index contributed by atoms with van der Waals surface area (Å²) in [7, 11) is 0. The fourth-order valence-electron chi connectivity index (χ4n) is 3.33.